The van der Waals surface area contributed by atoms with Crippen LogP contribution in [0.4, 0.5) is 0 Å². The standard InChI is InChI=1S/C9H18N2OS/c1-12-7-6-11-5-3-2-4-8(11)9(10)13/h8H,2-7H2,1H3,(H2,10,13). The first-order valence-corrected chi connectivity index (χ1v) is 5.19. The van der Waals surface area contributed by atoms with Crippen molar-refractivity contribution in [1.29, 1.82) is 0 Å². The fourth-order valence-corrected chi connectivity index (χ4v) is 2.06. The lowest BCUT2D eigenvalue weighted by Crippen LogP contribution is -2.47. The Bertz CT molecular complexity index is 175. The van der Waals surface area contributed by atoms with Gasteiger partial charge in [0.2, 0.25) is 0 Å². The van der Waals surface area contributed by atoms with Crippen molar-refractivity contribution >= 4 is 17.2 Å². The maximum atomic E-state index is 5.68. The molecule has 0 aromatic carbocycles. The molecule has 0 aliphatic carbocycles. The van der Waals surface area contributed by atoms with E-state index >= 15 is 0 Å². The van der Waals surface area contributed by atoms with E-state index in [0.717, 1.165) is 26.1 Å². The number of methoxy groups -OCH3 is 1. The first-order valence-electron chi connectivity index (χ1n) is 4.78. The summed E-state index contributed by atoms with van der Waals surface area (Å²) in [6.07, 6.45) is 3.60. The highest BCUT2D eigenvalue weighted by Crippen LogP contribution is 2.16. The SMILES string of the molecule is COCCN1CCCCC1C(N)=S. The summed E-state index contributed by atoms with van der Waals surface area (Å²) in [5, 5.41) is 0. The molecule has 0 saturated carbocycles. The van der Waals surface area contributed by atoms with Gasteiger partial charge in [-0.3, -0.25) is 4.90 Å². The number of piperidine rings is 1. The van der Waals surface area contributed by atoms with Crippen LogP contribution in [0.15, 0.2) is 0 Å². The molecule has 4 heteroatoms. The van der Waals surface area contributed by atoms with Crippen LogP contribution in [0.3, 0.4) is 0 Å². The summed E-state index contributed by atoms with van der Waals surface area (Å²) in [4.78, 5) is 2.96. The largest absolute Gasteiger partial charge is 0.392 e. The lowest BCUT2D eigenvalue weighted by atomic mass is 10.0. The number of thiocarbonyl (C=S) groups is 1. The Hall–Kier alpha value is -0.190. The Morgan fingerprint density at radius 1 is 1.62 bits per heavy atom. The summed E-state index contributed by atoms with van der Waals surface area (Å²) in [7, 11) is 1.72. The Morgan fingerprint density at radius 2 is 2.38 bits per heavy atom. The van der Waals surface area contributed by atoms with E-state index in [2.05, 4.69) is 4.90 Å². The van der Waals surface area contributed by atoms with E-state index in [9.17, 15) is 0 Å². The molecule has 76 valence electrons. The predicted octanol–water partition coefficient (Wildman–Crippen LogP) is 0.773. The van der Waals surface area contributed by atoms with Crippen molar-refractivity contribution in [2.45, 2.75) is 25.3 Å². The third kappa shape index (κ3) is 3.21. The molecule has 1 aliphatic heterocycles. The third-order valence-electron chi connectivity index (χ3n) is 2.52. The average molecular weight is 202 g/mol. The van der Waals surface area contributed by atoms with Crippen LogP contribution in [0.1, 0.15) is 19.3 Å². The topological polar surface area (TPSA) is 38.5 Å². The second-order valence-corrected chi connectivity index (χ2v) is 3.91. The summed E-state index contributed by atoms with van der Waals surface area (Å²) in [6.45, 7) is 2.81. The van der Waals surface area contributed by atoms with E-state index in [1.165, 1.54) is 12.8 Å². The Balaban J connectivity index is 2.41. The van der Waals surface area contributed by atoms with Crippen molar-refractivity contribution in [2.75, 3.05) is 26.8 Å². The zero-order valence-corrected chi connectivity index (χ0v) is 8.98. The molecule has 0 aromatic heterocycles. The van der Waals surface area contributed by atoms with Crippen molar-refractivity contribution < 1.29 is 4.74 Å². The van der Waals surface area contributed by atoms with E-state index < -0.39 is 0 Å². The van der Waals surface area contributed by atoms with Gasteiger partial charge in [-0.2, -0.15) is 0 Å². The number of nitrogens with zero attached hydrogens (tertiary/aromatic N) is 1. The molecule has 0 bridgehead atoms. The number of rotatable bonds is 4. The monoisotopic (exact) mass is 202 g/mol. The first-order chi connectivity index (χ1) is 6.25. The van der Waals surface area contributed by atoms with Crippen LogP contribution >= 0.6 is 12.2 Å². The van der Waals surface area contributed by atoms with Crippen molar-refractivity contribution in [3.63, 3.8) is 0 Å². The van der Waals surface area contributed by atoms with Gasteiger partial charge >= 0.3 is 0 Å². The molecule has 3 nitrogen and oxygen atoms in total. The highest BCUT2D eigenvalue weighted by molar-refractivity contribution is 7.80. The molecule has 1 atom stereocenters. The average Bonchev–Trinajstić information content (AvgIpc) is 2.15. The summed E-state index contributed by atoms with van der Waals surface area (Å²) in [5.74, 6) is 0. The van der Waals surface area contributed by atoms with Crippen molar-refractivity contribution in [3.8, 4) is 0 Å². The van der Waals surface area contributed by atoms with Gasteiger partial charge in [-0.15, -0.1) is 0 Å². The van der Waals surface area contributed by atoms with E-state index in [1.807, 2.05) is 0 Å². The molecular weight excluding hydrogens is 184 g/mol. The number of hydrogen-bond donors (Lipinski definition) is 1. The summed E-state index contributed by atoms with van der Waals surface area (Å²) in [5.41, 5.74) is 5.68. The van der Waals surface area contributed by atoms with E-state index in [-0.39, 0.29) is 0 Å². The molecule has 1 unspecified atom stereocenters. The molecule has 1 aliphatic rings. The Labute approximate surface area is 85.2 Å². The van der Waals surface area contributed by atoms with E-state index in [0.29, 0.717) is 11.0 Å². The third-order valence-corrected chi connectivity index (χ3v) is 2.80. The van der Waals surface area contributed by atoms with Crippen LogP contribution in [0.5, 0.6) is 0 Å². The van der Waals surface area contributed by atoms with Crippen molar-refractivity contribution in [1.82, 2.24) is 4.90 Å². The normalized spacial score (nSPS) is 24.5. The Morgan fingerprint density at radius 3 is 3.00 bits per heavy atom. The molecule has 13 heavy (non-hydrogen) atoms. The number of hydrogen-bond acceptors (Lipinski definition) is 3. The van der Waals surface area contributed by atoms with Crippen LogP contribution in [-0.4, -0.2) is 42.7 Å². The maximum absolute atomic E-state index is 5.68. The van der Waals surface area contributed by atoms with Crippen LogP contribution in [0.25, 0.3) is 0 Å². The zero-order valence-electron chi connectivity index (χ0n) is 8.16. The Kier molecular flexibility index (Phi) is 4.62. The van der Waals surface area contributed by atoms with E-state index in [1.54, 1.807) is 7.11 Å². The van der Waals surface area contributed by atoms with Crippen LogP contribution in [0.2, 0.25) is 0 Å². The number of nitrogens with two attached hydrogens (primary N) is 1. The van der Waals surface area contributed by atoms with Crippen LogP contribution in [-0.2, 0) is 4.74 Å². The molecule has 0 radical (unpaired) electrons. The lowest BCUT2D eigenvalue weighted by molar-refractivity contribution is 0.120. The summed E-state index contributed by atoms with van der Waals surface area (Å²) < 4.78 is 5.05. The second-order valence-electron chi connectivity index (χ2n) is 3.44. The van der Waals surface area contributed by atoms with Gasteiger partial charge in [0, 0.05) is 13.7 Å². The molecule has 0 spiro atoms. The first kappa shape index (κ1) is 10.9. The van der Waals surface area contributed by atoms with Gasteiger partial charge < -0.3 is 10.5 Å². The zero-order chi connectivity index (χ0) is 9.68. The van der Waals surface area contributed by atoms with Crippen LogP contribution < -0.4 is 5.73 Å². The number of likely N-dealkylation sites (tertiary alicyclic amines) is 1. The maximum Gasteiger partial charge on any atom is 0.0902 e. The van der Waals surface area contributed by atoms with Crippen LogP contribution in [0, 0.1) is 0 Å². The molecule has 0 amide bonds. The minimum absolute atomic E-state index is 0.305. The molecule has 1 heterocycles. The van der Waals surface area contributed by atoms with Crippen molar-refractivity contribution in [3.05, 3.63) is 0 Å². The van der Waals surface area contributed by atoms with Gasteiger partial charge in [-0.05, 0) is 19.4 Å². The van der Waals surface area contributed by atoms with Gasteiger partial charge in [0.25, 0.3) is 0 Å². The fraction of sp³-hybridized carbons (Fsp3) is 0.889. The molecule has 1 saturated heterocycles. The minimum Gasteiger partial charge on any atom is -0.392 e. The van der Waals surface area contributed by atoms with Crippen molar-refractivity contribution in [2.24, 2.45) is 5.73 Å². The minimum atomic E-state index is 0.305. The molecule has 1 fully saturated rings. The van der Waals surface area contributed by atoms with E-state index in [4.69, 9.17) is 22.7 Å². The lowest BCUT2D eigenvalue weighted by Gasteiger charge is -2.34. The second kappa shape index (κ2) is 5.52. The highest BCUT2D eigenvalue weighted by atomic mass is 32.1. The summed E-state index contributed by atoms with van der Waals surface area (Å²) >= 11 is 5.04. The quantitative estimate of drug-likeness (QED) is 0.684. The molecule has 1 rings (SSSR count). The van der Waals surface area contributed by atoms with Gasteiger partial charge in [0.15, 0.2) is 0 Å². The molecule has 0 aromatic rings. The fourth-order valence-electron chi connectivity index (χ4n) is 1.79. The highest BCUT2D eigenvalue weighted by Gasteiger charge is 2.23. The summed E-state index contributed by atoms with van der Waals surface area (Å²) in [6, 6.07) is 0.305. The van der Waals surface area contributed by atoms with Gasteiger partial charge in [0.1, 0.15) is 0 Å². The molecular formula is C9H18N2OS. The van der Waals surface area contributed by atoms with Gasteiger partial charge in [-0.1, -0.05) is 18.6 Å². The molecule has 2 N–H and O–H groups in total. The smallest absolute Gasteiger partial charge is 0.0902 e. The predicted molar refractivity (Wildman–Crippen MR) is 57.9 cm³/mol. The van der Waals surface area contributed by atoms with Gasteiger partial charge in [-0.25, -0.2) is 0 Å². The number of ether oxygens (including phenoxy) is 1. The van der Waals surface area contributed by atoms with Gasteiger partial charge in [0.05, 0.1) is 17.6 Å².